The maximum absolute atomic E-state index is 10.6. The zero-order valence-corrected chi connectivity index (χ0v) is 15.0. The van der Waals surface area contributed by atoms with Crippen molar-refractivity contribution in [1.29, 1.82) is 0 Å². The fourth-order valence-electron chi connectivity index (χ4n) is 3.82. The minimum atomic E-state index is -0.340. The van der Waals surface area contributed by atoms with Crippen LogP contribution in [0.25, 0.3) is 10.9 Å². The van der Waals surface area contributed by atoms with Crippen LogP contribution in [0.2, 0.25) is 0 Å². The molecule has 1 heterocycles. The fraction of sp³-hybridized carbons (Fsp3) is 0.348. The van der Waals surface area contributed by atoms with Crippen molar-refractivity contribution in [1.82, 2.24) is 4.98 Å². The number of hydrogen-bond acceptors (Lipinski definition) is 3. The summed E-state index contributed by atoms with van der Waals surface area (Å²) in [6, 6.07) is 20.1. The van der Waals surface area contributed by atoms with Gasteiger partial charge in [-0.1, -0.05) is 61.7 Å². The third-order valence-corrected chi connectivity index (χ3v) is 5.38. The van der Waals surface area contributed by atoms with Gasteiger partial charge < -0.3 is 9.84 Å². The Bertz CT molecular complexity index is 853. The number of pyridine rings is 1. The first-order chi connectivity index (χ1) is 12.8. The molecule has 3 nitrogen and oxygen atoms in total. The van der Waals surface area contributed by atoms with Gasteiger partial charge in [-0.05, 0) is 42.0 Å². The first kappa shape index (κ1) is 17.0. The van der Waals surface area contributed by atoms with Crippen LogP contribution in [0.15, 0.2) is 60.7 Å². The predicted molar refractivity (Wildman–Crippen MR) is 104 cm³/mol. The lowest BCUT2D eigenvalue weighted by molar-refractivity contribution is 0.0848. The van der Waals surface area contributed by atoms with Crippen molar-refractivity contribution in [2.24, 2.45) is 5.92 Å². The van der Waals surface area contributed by atoms with Gasteiger partial charge in [0.05, 0.1) is 11.6 Å². The highest BCUT2D eigenvalue weighted by Crippen LogP contribution is 2.34. The molecule has 3 heteroatoms. The first-order valence-electron chi connectivity index (χ1n) is 9.55. The number of aliphatic hydroxyl groups excluding tert-OH is 1. The van der Waals surface area contributed by atoms with Gasteiger partial charge in [0.15, 0.2) is 0 Å². The van der Waals surface area contributed by atoms with E-state index in [0.717, 1.165) is 34.9 Å². The van der Waals surface area contributed by atoms with Crippen LogP contribution in [-0.4, -0.2) is 10.1 Å². The van der Waals surface area contributed by atoms with E-state index in [2.05, 4.69) is 4.98 Å². The molecule has 134 valence electrons. The van der Waals surface area contributed by atoms with E-state index < -0.39 is 0 Å². The highest BCUT2D eigenvalue weighted by Gasteiger charge is 2.22. The SMILES string of the molecule is OC(c1ccc(COc2ccc3ccccc3n2)cc1)C1CCCCC1. The van der Waals surface area contributed by atoms with Gasteiger partial charge in [0.1, 0.15) is 6.61 Å². The molecule has 26 heavy (non-hydrogen) atoms. The molecule has 4 rings (SSSR count). The number of rotatable bonds is 5. The van der Waals surface area contributed by atoms with E-state index in [1.165, 1.54) is 19.3 Å². The van der Waals surface area contributed by atoms with E-state index in [-0.39, 0.29) is 6.10 Å². The summed E-state index contributed by atoms with van der Waals surface area (Å²) in [6.07, 6.45) is 5.73. The van der Waals surface area contributed by atoms with Crippen LogP contribution >= 0.6 is 0 Å². The summed E-state index contributed by atoms with van der Waals surface area (Å²) in [5, 5.41) is 11.7. The quantitative estimate of drug-likeness (QED) is 0.669. The van der Waals surface area contributed by atoms with E-state index in [0.29, 0.717) is 18.4 Å². The zero-order chi connectivity index (χ0) is 17.8. The van der Waals surface area contributed by atoms with Gasteiger partial charge in [0, 0.05) is 11.5 Å². The lowest BCUT2D eigenvalue weighted by Crippen LogP contribution is -2.15. The van der Waals surface area contributed by atoms with Crippen LogP contribution < -0.4 is 4.74 Å². The normalized spacial score (nSPS) is 16.5. The Balaban J connectivity index is 1.38. The lowest BCUT2D eigenvalue weighted by atomic mass is 9.82. The molecular weight excluding hydrogens is 322 g/mol. The van der Waals surface area contributed by atoms with Crippen LogP contribution in [0.3, 0.4) is 0 Å². The summed E-state index contributed by atoms with van der Waals surface area (Å²) >= 11 is 0. The lowest BCUT2D eigenvalue weighted by Gasteiger charge is -2.26. The molecule has 1 aliphatic rings. The Morgan fingerprint density at radius 3 is 2.50 bits per heavy atom. The first-order valence-corrected chi connectivity index (χ1v) is 9.55. The average molecular weight is 347 g/mol. The molecule has 0 saturated heterocycles. The predicted octanol–water partition coefficient (Wildman–Crippen LogP) is 5.43. The van der Waals surface area contributed by atoms with Gasteiger partial charge in [-0.25, -0.2) is 4.98 Å². The molecule has 0 bridgehead atoms. The largest absolute Gasteiger partial charge is 0.473 e. The molecule has 0 aliphatic heterocycles. The highest BCUT2D eigenvalue weighted by molar-refractivity contribution is 5.78. The summed E-state index contributed by atoms with van der Waals surface area (Å²) in [6.45, 7) is 0.477. The summed E-state index contributed by atoms with van der Waals surface area (Å²) in [7, 11) is 0. The van der Waals surface area contributed by atoms with Gasteiger partial charge in [0.2, 0.25) is 5.88 Å². The monoisotopic (exact) mass is 347 g/mol. The van der Waals surface area contributed by atoms with E-state index in [4.69, 9.17) is 4.74 Å². The minimum Gasteiger partial charge on any atom is -0.473 e. The van der Waals surface area contributed by atoms with Gasteiger partial charge in [0.25, 0.3) is 0 Å². The number of hydrogen-bond donors (Lipinski definition) is 1. The van der Waals surface area contributed by atoms with E-state index in [1.54, 1.807) is 0 Å². The summed E-state index contributed by atoms with van der Waals surface area (Å²) in [5.41, 5.74) is 3.04. The topological polar surface area (TPSA) is 42.4 Å². The molecule has 1 aliphatic carbocycles. The molecule has 0 radical (unpaired) electrons. The van der Waals surface area contributed by atoms with Crippen LogP contribution in [0.4, 0.5) is 0 Å². The molecule has 0 spiro atoms. The number of aromatic nitrogens is 1. The van der Waals surface area contributed by atoms with E-state index >= 15 is 0 Å². The Morgan fingerprint density at radius 1 is 0.923 bits per heavy atom. The van der Waals surface area contributed by atoms with Gasteiger partial charge >= 0.3 is 0 Å². The molecule has 0 amide bonds. The minimum absolute atomic E-state index is 0.340. The second kappa shape index (κ2) is 7.88. The Hall–Kier alpha value is -2.39. The number of ether oxygens (including phenoxy) is 1. The van der Waals surface area contributed by atoms with Crippen LogP contribution in [-0.2, 0) is 6.61 Å². The third kappa shape index (κ3) is 3.88. The van der Waals surface area contributed by atoms with Crippen molar-refractivity contribution in [3.05, 3.63) is 71.8 Å². The number of fused-ring (bicyclic) bond motifs is 1. The number of nitrogens with zero attached hydrogens (tertiary/aromatic N) is 1. The van der Waals surface area contributed by atoms with Crippen LogP contribution in [0.1, 0.15) is 49.3 Å². The van der Waals surface area contributed by atoms with Crippen molar-refractivity contribution in [2.45, 2.75) is 44.8 Å². The number of aliphatic hydroxyl groups is 1. The molecule has 1 N–H and O–H groups in total. The van der Waals surface area contributed by atoms with Gasteiger partial charge in [-0.2, -0.15) is 0 Å². The van der Waals surface area contributed by atoms with Crippen molar-refractivity contribution in [3.8, 4) is 5.88 Å². The molecule has 1 saturated carbocycles. The van der Waals surface area contributed by atoms with Crippen molar-refractivity contribution in [2.75, 3.05) is 0 Å². The van der Waals surface area contributed by atoms with Crippen molar-refractivity contribution < 1.29 is 9.84 Å². The third-order valence-electron chi connectivity index (χ3n) is 5.38. The molecule has 1 atom stereocenters. The number of benzene rings is 2. The molecule has 1 fully saturated rings. The number of para-hydroxylation sites is 1. The smallest absolute Gasteiger partial charge is 0.214 e. The van der Waals surface area contributed by atoms with E-state index in [1.807, 2.05) is 60.7 Å². The van der Waals surface area contributed by atoms with Crippen LogP contribution in [0.5, 0.6) is 5.88 Å². The summed E-state index contributed by atoms with van der Waals surface area (Å²) in [4.78, 5) is 4.54. The van der Waals surface area contributed by atoms with E-state index in [9.17, 15) is 5.11 Å². The molecular formula is C23H25NO2. The zero-order valence-electron chi connectivity index (χ0n) is 15.0. The van der Waals surface area contributed by atoms with Gasteiger partial charge in [-0.15, -0.1) is 0 Å². The summed E-state index contributed by atoms with van der Waals surface area (Å²) in [5.74, 6) is 1.04. The average Bonchev–Trinajstić information content (AvgIpc) is 2.72. The Labute approximate surface area is 154 Å². The molecule has 1 aromatic heterocycles. The standard InChI is InChI=1S/C23H25NO2/c25-23(19-7-2-1-3-8-19)20-12-10-17(11-13-20)16-26-22-15-14-18-6-4-5-9-21(18)24-22/h4-6,9-15,19,23,25H,1-3,7-8,16H2. The second-order valence-corrected chi connectivity index (χ2v) is 7.22. The van der Waals surface area contributed by atoms with Crippen LogP contribution in [0, 0.1) is 5.92 Å². The van der Waals surface area contributed by atoms with Gasteiger partial charge in [-0.3, -0.25) is 0 Å². The van der Waals surface area contributed by atoms with Crippen molar-refractivity contribution >= 4 is 10.9 Å². The maximum atomic E-state index is 10.6. The maximum Gasteiger partial charge on any atom is 0.214 e. The second-order valence-electron chi connectivity index (χ2n) is 7.22. The Morgan fingerprint density at radius 2 is 1.69 bits per heavy atom. The molecule has 3 aromatic rings. The fourth-order valence-corrected chi connectivity index (χ4v) is 3.82. The summed E-state index contributed by atoms with van der Waals surface area (Å²) < 4.78 is 5.84. The highest BCUT2D eigenvalue weighted by atomic mass is 16.5. The van der Waals surface area contributed by atoms with Crippen molar-refractivity contribution in [3.63, 3.8) is 0 Å². The molecule has 2 aromatic carbocycles. The molecule has 1 unspecified atom stereocenters. The Kier molecular flexibility index (Phi) is 5.16.